The first-order chi connectivity index (χ1) is 25.8. The summed E-state index contributed by atoms with van der Waals surface area (Å²) in [6.45, 7) is 4.87. The predicted molar refractivity (Wildman–Crippen MR) is 193 cm³/mol. The number of piperidine rings is 1. The summed E-state index contributed by atoms with van der Waals surface area (Å²) in [7, 11) is 0. The van der Waals surface area contributed by atoms with Crippen LogP contribution in [0.1, 0.15) is 59.2 Å². The van der Waals surface area contributed by atoms with Crippen LogP contribution in [0.25, 0.3) is 0 Å². The van der Waals surface area contributed by atoms with Crippen molar-refractivity contribution < 1.29 is 52.5 Å². The lowest BCUT2D eigenvalue weighted by molar-refractivity contribution is -0.136. The zero-order chi connectivity index (χ0) is 37.4. The zero-order valence-electron chi connectivity index (χ0n) is 29.8. The Hall–Kier alpha value is -3.81. The van der Waals surface area contributed by atoms with E-state index in [0.29, 0.717) is 96.5 Å². The van der Waals surface area contributed by atoms with Crippen molar-refractivity contribution in [2.24, 2.45) is 0 Å². The maximum absolute atomic E-state index is 13.2. The van der Waals surface area contributed by atoms with Gasteiger partial charge in [-0.3, -0.25) is 34.2 Å². The van der Waals surface area contributed by atoms with Gasteiger partial charge in [0.05, 0.1) is 89.3 Å². The Morgan fingerprint density at radius 2 is 1.47 bits per heavy atom. The molecule has 4 heterocycles. The number of urea groups is 1. The normalized spacial score (nSPS) is 22.0. The van der Waals surface area contributed by atoms with Crippen molar-refractivity contribution >= 4 is 53.0 Å². The number of rotatable bonds is 25. The molecule has 7 amide bonds. The lowest BCUT2D eigenvalue weighted by atomic mass is 10.0. The van der Waals surface area contributed by atoms with Crippen LogP contribution >= 0.6 is 11.8 Å². The average Bonchev–Trinajstić information content (AvgIpc) is 3.78. The highest BCUT2D eigenvalue weighted by Gasteiger charge is 2.46. The summed E-state index contributed by atoms with van der Waals surface area (Å²) >= 11 is 1.89. The number of amides is 7. The van der Waals surface area contributed by atoms with Gasteiger partial charge in [-0.2, -0.15) is 11.8 Å². The van der Waals surface area contributed by atoms with Crippen molar-refractivity contribution in [2.75, 3.05) is 90.2 Å². The van der Waals surface area contributed by atoms with E-state index >= 15 is 0 Å². The number of nitrogens with one attached hydrogen (secondary N) is 5. The van der Waals surface area contributed by atoms with Gasteiger partial charge in [0.25, 0.3) is 11.8 Å². The number of fused-ring (bicyclic) bond motifs is 2. The molecule has 0 aliphatic carbocycles. The van der Waals surface area contributed by atoms with E-state index in [1.165, 1.54) is 0 Å². The molecule has 0 saturated carbocycles. The van der Waals surface area contributed by atoms with Crippen LogP contribution in [-0.4, -0.2) is 149 Å². The summed E-state index contributed by atoms with van der Waals surface area (Å²) in [4.78, 5) is 74.4. The zero-order valence-corrected chi connectivity index (χ0v) is 30.6. The number of imide groups is 2. The van der Waals surface area contributed by atoms with Gasteiger partial charge in [-0.05, 0) is 31.4 Å². The third-order valence-electron chi connectivity index (χ3n) is 9.17. The van der Waals surface area contributed by atoms with E-state index in [4.69, 9.17) is 23.7 Å². The lowest BCUT2D eigenvalue weighted by Gasteiger charge is -2.27. The number of hydrogen-bond acceptors (Lipinski definition) is 13. The number of benzene rings is 1. The molecule has 1 aromatic carbocycles. The highest BCUT2D eigenvalue weighted by Crippen LogP contribution is 2.34. The number of anilines is 1. The van der Waals surface area contributed by atoms with Gasteiger partial charge in [-0.25, -0.2) is 4.79 Å². The molecule has 18 heteroatoms. The number of carbonyl (C=O) groups is 6. The topological polar surface area (TPSA) is 212 Å². The van der Waals surface area contributed by atoms with E-state index < -0.39 is 29.7 Å². The molecule has 5 N–H and O–H groups in total. The molecule has 0 radical (unpaired) electrons. The van der Waals surface area contributed by atoms with Crippen molar-refractivity contribution in [3.05, 3.63) is 29.3 Å². The molecule has 0 spiro atoms. The predicted octanol–water partition coefficient (Wildman–Crippen LogP) is 0.425. The van der Waals surface area contributed by atoms with E-state index in [1.807, 2.05) is 11.8 Å². The number of nitrogens with zero attached hydrogens (tertiary/aromatic N) is 1. The number of carbonyl (C=O) groups excluding carboxylic acids is 6. The number of thioether (sulfide) groups is 1. The van der Waals surface area contributed by atoms with Crippen LogP contribution in [0.4, 0.5) is 10.5 Å². The molecule has 4 aliphatic heterocycles. The molecule has 53 heavy (non-hydrogen) atoms. The Kier molecular flexibility index (Phi) is 16.1. The molecule has 5 rings (SSSR count). The highest BCUT2D eigenvalue weighted by atomic mass is 32.2. The van der Waals surface area contributed by atoms with Gasteiger partial charge in [0.1, 0.15) is 6.04 Å². The second-order valence-electron chi connectivity index (χ2n) is 12.9. The first-order valence-corrected chi connectivity index (χ1v) is 19.3. The number of ether oxygens (including phenoxy) is 5. The second kappa shape index (κ2) is 21.2. The molecule has 4 aliphatic rings. The minimum atomic E-state index is -1.01. The second-order valence-corrected chi connectivity index (χ2v) is 14.2. The van der Waals surface area contributed by atoms with Crippen molar-refractivity contribution in [1.82, 2.24) is 26.2 Å². The maximum Gasteiger partial charge on any atom is 0.315 e. The summed E-state index contributed by atoms with van der Waals surface area (Å²) < 4.78 is 27.6. The molecular weight excluding hydrogens is 712 g/mol. The molecule has 1 unspecified atom stereocenters. The molecule has 0 aromatic heterocycles. The van der Waals surface area contributed by atoms with Crippen LogP contribution in [0.5, 0.6) is 0 Å². The fourth-order valence-corrected chi connectivity index (χ4v) is 8.07. The fourth-order valence-electron chi connectivity index (χ4n) is 6.53. The first-order valence-electron chi connectivity index (χ1n) is 18.3. The monoisotopic (exact) mass is 762 g/mol. The number of unbranched alkanes of at least 4 members (excludes halogenated alkanes) is 1. The van der Waals surface area contributed by atoms with Crippen molar-refractivity contribution in [3.63, 3.8) is 0 Å². The molecule has 17 nitrogen and oxygen atoms in total. The minimum absolute atomic E-state index is 0.0223. The quantitative estimate of drug-likeness (QED) is 0.0520. The Balaban J connectivity index is 0.773. The fraction of sp³-hybridized carbons (Fsp3) is 0.657. The Labute approximate surface area is 312 Å². The Morgan fingerprint density at radius 3 is 2.15 bits per heavy atom. The summed E-state index contributed by atoms with van der Waals surface area (Å²) in [6.07, 6.45) is 3.43. The first kappa shape index (κ1) is 40.4. The van der Waals surface area contributed by atoms with Crippen LogP contribution in [-0.2, 0) is 38.1 Å². The Morgan fingerprint density at radius 1 is 0.811 bits per heavy atom. The van der Waals surface area contributed by atoms with Crippen molar-refractivity contribution in [1.29, 1.82) is 0 Å². The van der Waals surface area contributed by atoms with Gasteiger partial charge in [-0.15, -0.1) is 0 Å². The van der Waals surface area contributed by atoms with Crippen LogP contribution in [0.3, 0.4) is 0 Å². The summed E-state index contributed by atoms with van der Waals surface area (Å²) in [5.74, 6) is -1.21. The molecule has 1 aromatic rings. The van der Waals surface area contributed by atoms with E-state index in [1.54, 1.807) is 18.2 Å². The van der Waals surface area contributed by atoms with E-state index in [2.05, 4.69) is 26.6 Å². The highest BCUT2D eigenvalue weighted by molar-refractivity contribution is 8.00. The van der Waals surface area contributed by atoms with Gasteiger partial charge in [0.2, 0.25) is 17.7 Å². The van der Waals surface area contributed by atoms with Gasteiger partial charge < -0.3 is 45.0 Å². The molecule has 4 atom stereocenters. The van der Waals surface area contributed by atoms with E-state index in [9.17, 15) is 28.8 Å². The maximum atomic E-state index is 13.2. The smallest absolute Gasteiger partial charge is 0.315 e. The van der Waals surface area contributed by atoms with Gasteiger partial charge in [0, 0.05) is 42.6 Å². The molecule has 3 saturated heterocycles. The van der Waals surface area contributed by atoms with Gasteiger partial charge >= 0.3 is 6.03 Å². The molecular formula is C35H50N6O11S. The summed E-state index contributed by atoms with van der Waals surface area (Å²) in [5, 5.41) is 14.6. The minimum Gasteiger partial charge on any atom is -0.382 e. The van der Waals surface area contributed by atoms with E-state index in [-0.39, 0.29) is 48.0 Å². The Bertz CT molecular complexity index is 1450. The molecule has 292 valence electrons. The van der Waals surface area contributed by atoms with Crippen molar-refractivity contribution in [3.8, 4) is 0 Å². The standard InChI is InChI=1S/C35H50N6O11S/c42-28(7-2-1-6-27-31-25(22-53-27)38-35(47)40-31)37-11-13-49-15-17-51-19-21-52-20-18-50-16-14-48-12-10-36-24-5-3-4-23-30(24)34(46)41(33(23)45)26-8-9-29(43)39-32(26)44/h3-5,25-27,31,36H,1-2,6-22H2,(H,37,42)(H2,38,40,47)(H,39,43,44)/t25-,26?,27-,31-/m0/s1. The number of hydrogen-bond donors (Lipinski definition) is 5. The third kappa shape index (κ3) is 11.8. The van der Waals surface area contributed by atoms with Crippen molar-refractivity contribution in [2.45, 2.75) is 61.9 Å². The molecule has 3 fully saturated rings. The summed E-state index contributed by atoms with van der Waals surface area (Å²) in [6, 6.07) is 4.26. The lowest BCUT2D eigenvalue weighted by Crippen LogP contribution is -2.54. The van der Waals surface area contributed by atoms with Gasteiger partial charge in [-0.1, -0.05) is 12.5 Å². The SMILES string of the molecule is O=C(CCCC[C@@H]1SC[C@@H]2NC(=O)N[C@@H]21)NCCOCCOCCOCCOCCOCCNc1cccc2c1C(=O)N(C1CCC(=O)NC1=O)C2=O. The van der Waals surface area contributed by atoms with Crippen LogP contribution in [0.15, 0.2) is 18.2 Å². The largest absolute Gasteiger partial charge is 0.382 e. The third-order valence-corrected chi connectivity index (χ3v) is 10.7. The van der Waals surface area contributed by atoms with Crippen LogP contribution in [0.2, 0.25) is 0 Å². The average molecular weight is 763 g/mol. The molecule has 0 bridgehead atoms. The van der Waals surface area contributed by atoms with Gasteiger partial charge in [0.15, 0.2) is 0 Å². The van der Waals surface area contributed by atoms with E-state index in [0.717, 1.165) is 29.9 Å². The van der Waals surface area contributed by atoms with Crippen LogP contribution in [0, 0.1) is 0 Å². The van der Waals surface area contributed by atoms with Crippen LogP contribution < -0.4 is 26.6 Å². The summed E-state index contributed by atoms with van der Waals surface area (Å²) in [5.41, 5.74) is 0.895.